The topological polar surface area (TPSA) is 76.8 Å². The quantitative estimate of drug-likeness (QED) is 0.367. The van der Waals surface area contributed by atoms with Crippen molar-refractivity contribution in [2.75, 3.05) is 12.0 Å². The van der Waals surface area contributed by atoms with Gasteiger partial charge >= 0.3 is 0 Å². The second kappa shape index (κ2) is 9.02. The molecule has 4 rings (SSSR count). The predicted octanol–water partition coefficient (Wildman–Crippen LogP) is 5.34. The lowest BCUT2D eigenvalue weighted by Crippen LogP contribution is -2.29. The molecule has 0 radical (unpaired) electrons. The predicted molar refractivity (Wildman–Crippen MR) is 123 cm³/mol. The molecule has 0 atom stereocenters. The van der Waals surface area contributed by atoms with Crippen LogP contribution in [0, 0.1) is 6.92 Å². The normalized spacial score (nSPS) is 11.3. The first kappa shape index (κ1) is 21.9. The largest absolute Gasteiger partial charge is 0.497 e. The van der Waals surface area contributed by atoms with Gasteiger partial charge in [0.05, 0.1) is 18.6 Å². The molecule has 0 N–H and O–H groups in total. The minimum absolute atomic E-state index is 0.0601. The van der Waals surface area contributed by atoms with Crippen LogP contribution in [0.3, 0.4) is 0 Å². The van der Waals surface area contributed by atoms with Crippen LogP contribution in [0.2, 0.25) is 0 Å². The smallest absolute Gasteiger partial charge is 0.294 e. The summed E-state index contributed by atoms with van der Waals surface area (Å²) in [6, 6.07) is 20.1. The number of rotatable bonds is 7. The zero-order valence-electron chi connectivity index (χ0n) is 17.5. The third-order valence-electron chi connectivity index (χ3n) is 4.89. The molecule has 0 saturated heterocycles. The molecule has 164 valence electrons. The van der Waals surface area contributed by atoms with Crippen molar-refractivity contribution in [3.8, 4) is 5.75 Å². The summed E-state index contributed by atoms with van der Waals surface area (Å²) in [7, 11) is -2.32. The van der Waals surface area contributed by atoms with Crippen LogP contribution in [0.1, 0.15) is 21.0 Å². The number of thiophene rings is 1. The number of aryl methyl sites for hydroxylation is 1. The molecule has 6 nitrogen and oxygen atoms in total. The number of sulfone groups is 1. The van der Waals surface area contributed by atoms with E-state index >= 15 is 0 Å². The number of ether oxygens (including phenoxy) is 1. The fourth-order valence-electron chi connectivity index (χ4n) is 3.16. The van der Waals surface area contributed by atoms with Crippen molar-refractivity contribution in [3.05, 3.63) is 94.4 Å². The molecule has 0 saturated carbocycles. The van der Waals surface area contributed by atoms with Crippen LogP contribution in [0.15, 0.2) is 92.6 Å². The molecule has 0 bridgehead atoms. The molecule has 2 heterocycles. The van der Waals surface area contributed by atoms with Crippen LogP contribution in [0.4, 0.5) is 5.69 Å². The van der Waals surface area contributed by atoms with Crippen molar-refractivity contribution in [2.24, 2.45) is 0 Å². The molecule has 2 aromatic heterocycles. The van der Waals surface area contributed by atoms with E-state index in [9.17, 15) is 13.2 Å². The van der Waals surface area contributed by atoms with Gasteiger partial charge in [-0.05, 0) is 54.8 Å². The average Bonchev–Trinajstić information content (AvgIpc) is 3.50. The average molecular weight is 468 g/mol. The van der Waals surface area contributed by atoms with Gasteiger partial charge in [0.15, 0.2) is 5.76 Å². The maximum Gasteiger partial charge on any atom is 0.294 e. The highest BCUT2D eigenvalue weighted by molar-refractivity contribution is 7.91. The van der Waals surface area contributed by atoms with Crippen molar-refractivity contribution in [1.82, 2.24) is 0 Å². The summed E-state index contributed by atoms with van der Waals surface area (Å²) >= 11 is 1.52. The maximum absolute atomic E-state index is 13.4. The van der Waals surface area contributed by atoms with Crippen LogP contribution >= 0.6 is 11.3 Å². The number of hydrogen-bond donors (Lipinski definition) is 0. The number of amides is 1. The van der Waals surface area contributed by atoms with Crippen LogP contribution < -0.4 is 9.64 Å². The molecule has 0 spiro atoms. The first-order chi connectivity index (χ1) is 15.4. The van der Waals surface area contributed by atoms with Gasteiger partial charge in [0, 0.05) is 16.6 Å². The molecule has 0 aliphatic heterocycles. The Kier molecular flexibility index (Phi) is 6.16. The van der Waals surface area contributed by atoms with Gasteiger partial charge in [-0.25, -0.2) is 8.42 Å². The Hall–Kier alpha value is -3.36. The van der Waals surface area contributed by atoms with E-state index in [1.807, 2.05) is 24.4 Å². The van der Waals surface area contributed by atoms with E-state index in [2.05, 4.69) is 0 Å². The molecule has 32 heavy (non-hydrogen) atoms. The Morgan fingerprint density at radius 1 is 1.03 bits per heavy atom. The van der Waals surface area contributed by atoms with Crippen LogP contribution in [0.25, 0.3) is 0 Å². The van der Waals surface area contributed by atoms with Crippen molar-refractivity contribution in [3.63, 3.8) is 0 Å². The molecule has 0 aliphatic rings. The summed E-state index contributed by atoms with van der Waals surface area (Å²) in [4.78, 5) is 16.0. The zero-order valence-corrected chi connectivity index (χ0v) is 19.2. The Morgan fingerprint density at radius 2 is 1.81 bits per heavy atom. The number of furan rings is 1. The van der Waals surface area contributed by atoms with Crippen molar-refractivity contribution in [1.29, 1.82) is 0 Å². The van der Waals surface area contributed by atoms with Gasteiger partial charge in [-0.2, -0.15) is 0 Å². The number of methoxy groups -OCH3 is 1. The highest BCUT2D eigenvalue weighted by atomic mass is 32.2. The van der Waals surface area contributed by atoms with Crippen LogP contribution in [-0.2, 0) is 16.4 Å². The van der Waals surface area contributed by atoms with E-state index in [1.54, 1.807) is 43.5 Å². The standard InChI is InChI=1S/C24H21NO5S2/c1-17-8-10-21(11-9-17)32(27,28)23-13-12-22(30-23)24(26)25(16-20-7-4-14-31-20)18-5-3-6-19(15-18)29-2/h3-15H,16H2,1-2H3. The lowest BCUT2D eigenvalue weighted by atomic mass is 10.2. The van der Waals surface area contributed by atoms with Gasteiger partial charge in [-0.15, -0.1) is 11.3 Å². The molecular formula is C24H21NO5S2. The van der Waals surface area contributed by atoms with Gasteiger partial charge < -0.3 is 14.1 Å². The van der Waals surface area contributed by atoms with Gasteiger partial charge in [0.2, 0.25) is 14.9 Å². The summed E-state index contributed by atoms with van der Waals surface area (Å²) in [5, 5.41) is 1.66. The van der Waals surface area contributed by atoms with E-state index < -0.39 is 15.7 Å². The van der Waals surface area contributed by atoms with E-state index in [0.29, 0.717) is 18.0 Å². The van der Waals surface area contributed by atoms with Gasteiger partial charge in [0.1, 0.15) is 5.75 Å². The number of carbonyl (C=O) groups is 1. The Labute approximate surface area is 190 Å². The monoisotopic (exact) mass is 467 g/mol. The summed E-state index contributed by atoms with van der Waals surface area (Å²) in [5.74, 6) is 0.0978. The highest BCUT2D eigenvalue weighted by Crippen LogP contribution is 2.28. The SMILES string of the molecule is COc1cccc(N(Cc2cccs2)C(=O)c2ccc(S(=O)(=O)c3ccc(C)cc3)o2)c1. The highest BCUT2D eigenvalue weighted by Gasteiger charge is 2.27. The van der Waals surface area contributed by atoms with Crippen LogP contribution in [0.5, 0.6) is 5.75 Å². The molecule has 4 aromatic rings. The van der Waals surface area contributed by atoms with Gasteiger partial charge in [-0.3, -0.25) is 4.79 Å². The van der Waals surface area contributed by atoms with Crippen molar-refractivity contribution in [2.45, 2.75) is 23.5 Å². The molecule has 1 amide bonds. The lowest BCUT2D eigenvalue weighted by Gasteiger charge is -2.21. The zero-order chi connectivity index (χ0) is 22.7. The second-order valence-corrected chi connectivity index (χ2v) is 10.0. The fraction of sp³-hybridized carbons (Fsp3) is 0.125. The van der Waals surface area contributed by atoms with Crippen molar-refractivity contribution >= 4 is 32.8 Å². The number of hydrogen-bond acceptors (Lipinski definition) is 6. The molecule has 8 heteroatoms. The molecular weight excluding hydrogens is 446 g/mol. The van der Waals surface area contributed by atoms with Gasteiger partial charge in [0.25, 0.3) is 5.91 Å². The Morgan fingerprint density at radius 3 is 2.50 bits per heavy atom. The Balaban J connectivity index is 1.68. The Bertz CT molecular complexity index is 1320. The van der Waals surface area contributed by atoms with E-state index in [-0.39, 0.29) is 15.7 Å². The molecule has 0 aliphatic carbocycles. The number of carbonyl (C=O) groups excluding carboxylic acids is 1. The third kappa shape index (κ3) is 4.46. The second-order valence-electron chi connectivity index (χ2n) is 7.11. The van der Waals surface area contributed by atoms with E-state index in [0.717, 1.165) is 10.4 Å². The molecule has 2 aromatic carbocycles. The fourth-order valence-corrected chi connectivity index (χ4v) is 5.03. The minimum Gasteiger partial charge on any atom is -0.497 e. The summed E-state index contributed by atoms with van der Waals surface area (Å²) in [6.07, 6.45) is 0. The lowest BCUT2D eigenvalue weighted by molar-refractivity contribution is 0.0953. The summed E-state index contributed by atoms with van der Waals surface area (Å²) < 4.78 is 36.7. The number of anilines is 1. The maximum atomic E-state index is 13.4. The first-order valence-corrected chi connectivity index (χ1v) is 12.1. The van der Waals surface area contributed by atoms with Crippen molar-refractivity contribution < 1.29 is 22.4 Å². The third-order valence-corrected chi connectivity index (χ3v) is 7.40. The minimum atomic E-state index is -3.87. The number of benzene rings is 2. The van der Waals surface area contributed by atoms with Crippen LogP contribution in [-0.4, -0.2) is 21.4 Å². The van der Waals surface area contributed by atoms with E-state index in [4.69, 9.17) is 9.15 Å². The summed E-state index contributed by atoms with van der Waals surface area (Å²) in [5.41, 5.74) is 1.56. The molecule has 0 unspecified atom stereocenters. The van der Waals surface area contributed by atoms with E-state index in [1.165, 1.54) is 40.5 Å². The first-order valence-electron chi connectivity index (χ1n) is 9.78. The molecule has 0 fully saturated rings. The number of nitrogens with zero attached hydrogens (tertiary/aromatic N) is 1. The summed E-state index contributed by atoms with van der Waals surface area (Å²) in [6.45, 7) is 2.19. The van der Waals surface area contributed by atoms with Gasteiger partial charge in [-0.1, -0.05) is 29.8 Å².